The number of ether oxygens (including phenoxy) is 1. The number of nitrogens with two attached hydrogens (primary N) is 2. The topological polar surface area (TPSA) is 144 Å². The number of nitrogens with one attached hydrogen (secondary N) is 1. The third-order valence-corrected chi connectivity index (χ3v) is 5.03. The van der Waals surface area contributed by atoms with Gasteiger partial charge in [-0.2, -0.15) is 15.1 Å². The summed E-state index contributed by atoms with van der Waals surface area (Å²) in [7, 11) is 0. The van der Waals surface area contributed by atoms with Crippen LogP contribution in [-0.2, 0) is 4.74 Å². The second-order valence-electron chi connectivity index (χ2n) is 7.24. The third-order valence-electron chi connectivity index (χ3n) is 4.86. The van der Waals surface area contributed by atoms with Crippen LogP contribution < -0.4 is 16.8 Å². The zero-order valence-electron chi connectivity index (χ0n) is 19.3. The van der Waals surface area contributed by atoms with E-state index in [1.165, 1.54) is 0 Å². The number of nitrogen functional groups attached to an aromatic ring is 2. The van der Waals surface area contributed by atoms with E-state index >= 15 is 0 Å². The average molecular weight is 477 g/mol. The number of anilines is 3. The summed E-state index contributed by atoms with van der Waals surface area (Å²) in [5.41, 5.74) is 13.1. The van der Waals surface area contributed by atoms with E-state index in [-0.39, 0.29) is 17.7 Å². The van der Waals surface area contributed by atoms with Crippen molar-refractivity contribution in [2.24, 2.45) is 10.2 Å². The number of unbranched alkanes of at least 4 members (excludes halogenated alkanes) is 2. The van der Waals surface area contributed by atoms with Gasteiger partial charge in [-0.25, -0.2) is 4.79 Å². The molecule has 0 unspecified atom stereocenters. The van der Waals surface area contributed by atoms with Crippen LogP contribution in [-0.4, -0.2) is 59.5 Å². The lowest BCUT2D eigenvalue weighted by Crippen LogP contribution is -2.26. The highest BCUT2D eigenvalue weighted by atomic mass is 35.5. The Morgan fingerprint density at radius 2 is 1.85 bits per heavy atom. The largest absolute Gasteiger partial charge is 0.462 e. The molecule has 0 fully saturated rings. The van der Waals surface area contributed by atoms with Gasteiger partial charge < -0.3 is 26.4 Å². The first-order chi connectivity index (χ1) is 16.0. The predicted octanol–water partition coefficient (Wildman–Crippen LogP) is 4.38. The van der Waals surface area contributed by atoms with Crippen molar-refractivity contribution in [3.05, 3.63) is 29.8 Å². The maximum absolute atomic E-state index is 11.8. The lowest BCUT2D eigenvalue weighted by atomic mass is 10.2. The van der Waals surface area contributed by atoms with Crippen LogP contribution in [0.1, 0.15) is 43.5 Å². The van der Waals surface area contributed by atoms with Gasteiger partial charge in [0.15, 0.2) is 17.3 Å². The van der Waals surface area contributed by atoms with Crippen LogP contribution in [0.5, 0.6) is 0 Å². The monoisotopic (exact) mass is 476 g/mol. The average Bonchev–Trinajstić information content (AvgIpc) is 2.80. The minimum atomic E-state index is -0.384. The molecule has 0 aliphatic rings. The van der Waals surface area contributed by atoms with Crippen LogP contribution in [0.2, 0.25) is 0 Å². The molecule has 0 saturated carbocycles. The van der Waals surface area contributed by atoms with E-state index in [0.717, 1.165) is 38.9 Å². The van der Waals surface area contributed by atoms with E-state index in [9.17, 15) is 4.79 Å². The molecule has 0 spiro atoms. The molecule has 0 amide bonds. The normalized spacial score (nSPS) is 11.3. The minimum absolute atomic E-state index is 0.0624. The minimum Gasteiger partial charge on any atom is -0.462 e. The van der Waals surface area contributed by atoms with E-state index < -0.39 is 0 Å². The van der Waals surface area contributed by atoms with Gasteiger partial charge in [0, 0.05) is 19.0 Å². The first-order valence-electron chi connectivity index (χ1n) is 11.1. The van der Waals surface area contributed by atoms with Crippen molar-refractivity contribution in [3.63, 3.8) is 0 Å². The summed E-state index contributed by atoms with van der Waals surface area (Å²) in [6, 6.07) is 6.59. The predicted molar refractivity (Wildman–Crippen MR) is 133 cm³/mol. The van der Waals surface area contributed by atoms with E-state index in [1.54, 1.807) is 31.2 Å². The van der Waals surface area contributed by atoms with E-state index in [2.05, 4.69) is 37.3 Å². The Morgan fingerprint density at radius 3 is 2.52 bits per heavy atom. The van der Waals surface area contributed by atoms with Crippen LogP contribution in [0.4, 0.5) is 29.0 Å². The molecule has 10 nitrogen and oxygen atoms in total. The molecule has 33 heavy (non-hydrogen) atoms. The molecule has 5 N–H and O–H groups in total. The summed E-state index contributed by atoms with van der Waals surface area (Å²) in [5, 5.41) is 11.6. The maximum Gasteiger partial charge on any atom is 0.338 e. The molecule has 0 saturated heterocycles. The molecule has 2 aromatic rings. The molecule has 0 radical (unpaired) electrons. The number of aromatic nitrogens is 2. The molecule has 1 aromatic carbocycles. The number of esters is 1. The van der Waals surface area contributed by atoms with Gasteiger partial charge in [0.05, 0.1) is 17.9 Å². The maximum atomic E-state index is 11.8. The Hall–Kier alpha value is -2.98. The van der Waals surface area contributed by atoms with E-state index in [1.807, 2.05) is 0 Å². The van der Waals surface area contributed by atoms with Crippen LogP contribution in [0.25, 0.3) is 0 Å². The first-order valence-corrected chi connectivity index (χ1v) is 11.7. The molecule has 0 bridgehead atoms. The van der Waals surface area contributed by atoms with Crippen molar-refractivity contribution in [1.82, 2.24) is 14.9 Å². The number of nitrogens with zero attached hydrogens (tertiary/aromatic N) is 5. The van der Waals surface area contributed by atoms with E-state index in [0.29, 0.717) is 41.8 Å². The molecule has 11 heteroatoms. The number of azo groups is 1. The number of carbonyl (C=O) groups excluding carboxylic acids is 1. The molecule has 0 aliphatic heterocycles. The van der Waals surface area contributed by atoms with Gasteiger partial charge in [0.1, 0.15) is 0 Å². The lowest BCUT2D eigenvalue weighted by Gasteiger charge is -2.18. The molecule has 0 aliphatic carbocycles. The summed E-state index contributed by atoms with van der Waals surface area (Å²) in [4.78, 5) is 22.3. The Balaban J connectivity index is 1.96. The fourth-order valence-corrected chi connectivity index (χ4v) is 3.33. The highest BCUT2D eigenvalue weighted by molar-refractivity contribution is 6.18. The second kappa shape index (κ2) is 14.2. The Labute approximate surface area is 199 Å². The molecule has 180 valence electrons. The van der Waals surface area contributed by atoms with Crippen LogP contribution in [0.3, 0.4) is 0 Å². The Bertz CT molecular complexity index is 908. The highest BCUT2D eigenvalue weighted by Crippen LogP contribution is 2.31. The van der Waals surface area contributed by atoms with Crippen LogP contribution in [0, 0.1) is 0 Å². The van der Waals surface area contributed by atoms with Gasteiger partial charge in [-0.1, -0.05) is 13.3 Å². The lowest BCUT2D eigenvalue weighted by molar-refractivity contribution is 0.0526. The zero-order chi connectivity index (χ0) is 24.1. The number of carbonyl (C=O) groups is 1. The number of rotatable bonds is 14. The van der Waals surface area contributed by atoms with Gasteiger partial charge in [-0.05, 0) is 57.1 Å². The smallest absolute Gasteiger partial charge is 0.338 e. The van der Waals surface area contributed by atoms with Gasteiger partial charge >= 0.3 is 5.97 Å². The Kier molecular flexibility index (Phi) is 11.3. The number of alkyl halides is 1. The Morgan fingerprint density at radius 1 is 1.09 bits per heavy atom. The first kappa shape index (κ1) is 26.3. The molecule has 1 heterocycles. The summed E-state index contributed by atoms with van der Waals surface area (Å²) >= 11 is 5.82. The molecular weight excluding hydrogens is 444 g/mol. The summed E-state index contributed by atoms with van der Waals surface area (Å²) < 4.78 is 4.98. The van der Waals surface area contributed by atoms with Crippen molar-refractivity contribution in [2.45, 2.75) is 33.1 Å². The molecule has 1 aromatic heterocycles. The van der Waals surface area contributed by atoms with E-state index in [4.69, 9.17) is 27.8 Å². The molecular formula is C22H33ClN8O2. The summed E-state index contributed by atoms with van der Waals surface area (Å²) in [6.07, 6.45) is 3.11. The summed E-state index contributed by atoms with van der Waals surface area (Å²) in [5.74, 6) is 0.900. The second-order valence-corrected chi connectivity index (χ2v) is 7.62. The van der Waals surface area contributed by atoms with Crippen LogP contribution in [0.15, 0.2) is 34.5 Å². The van der Waals surface area contributed by atoms with Crippen molar-refractivity contribution in [2.75, 3.05) is 55.5 Å². The van der Waals surface area contributed by atoms with Gasteiger partial charge in [0.25, 0.3) is 0 Å². The van der Waals surface area contributed by atoms with Crippen molar-refractivity contribution in [3.8, 4) is 0 Å². The standard InChI is InChI=1S/C22H33ClN8O2/c1-3-31(15-12-23)14-7-5-6-13-26-20-18(19(24)27-22(25)28-20)30-29-17-10-8-16(9-11-17)21(32)33-4-2/h8-11H,3-7,12-15H2,1-2H3,(H5,24,25,26,27,28). The van der Waals surface area contributed by atoms with Crippen molar-refractivity contribution >= 4 is 46.5 Å². The van der Waals surface area contributed by atoms with Gasteiger partial charge in [-0.3, -0.25) is 0 Å². The number of benzene rings is 1. The summed E-state index contributed by atoms with van der Waals surface area (Å²) in [6.45, 7) is 7.86. The van der Waals surface area contributed by atoms with Crippen molar-refractivity contribution in [1.29, 1.82) is 0 Å². The fourth-order valence-electron chi connectivity index (χ4n) is 3.09. The number of halogens is 1. The van der Waals surface area contributed by atoms with Gasteiger partial charge in [0.2, 0.25) is 5.95 Å². The number of hydrogen-bond acceptors (Lipinski definition) is 10. The number of hydrogen-bond donors (Lipinski definition) is 3. The highest BCUT2D eigenvalue weighted by Gasteiger charge is 2.12. The van der Waals surface area contributed by atoms with Crippen molar-refractivity contribution < 1.29 is 9.53 Å². The van der Waals surface area contributed by atoms with Gasteiger partial charge in [-0.15, -0.1) is 16.7 Å². The SMILES string of the molecule is CCOC(=O)c1ccc(N=Nc2c(N)nc(N)nc2NCCCCCN(CC)CCCl)cc1. The zero-order valence-corrected chi connectivity index (χ0v) is 20.0. The molecule has 0 atom stereocenters. The third kappa shape index (κ3) is 8.82. The quantitative estimate of drug-likeness (QED) is 0.158. The van der Waals surface area contributed by atoms with Crippen LogP contribution >= 0.6 is 11.6 Å². The fraction of sp³-hybridized carbons (Fsp3) is 0.500. The molecule has 2 rings (SSSR count).